The smallest absolute Gasteiger partial charge is 0.0598 e. The maximum absolute atomic E-state index is 8.98. The lowest BCUT2D eigenvalue weighted by Crippen LogP contribution is -2.39. The highest BCUT2D eigenvalue weighted by molar-refractivity contribution is 4.71. The molecule has 0 aromatic heterocycles. The Morgan fingerprint density at radius 2 is 2.00 bits per heavy atom. The topological polar surface area (TPSA) is 58.3 Å². The van der Waals surface area contributed by atoms with Crippen molar-refractivity contribution < 1.29 is 5.11 Å². The van der Waals surface area contributed by atoms with Crippen LogP contribution in [0.5, 0.6) is 0 Å². The van der Waals surface area contributed by atoms with E-state index in [1.165, 1.54) is 12.8 Å². The summed E-state index contributed by atoms with van der Waals surface area (Å²) >= 11 is 0. The van der Waals surface area contributed by atoms with E-state index in [0.29, 0.717) is 11.8 Å². The molecule has 0 rings (SSSR count). The molecule has 2 unspecified atom stereocenters. The average Bonchev–Trinajstić information content (AvgIpc) is 2.11. The van der Waals surface area contributed by atoms with Gasteiger partial charge in [0.2, 0.25) is 0 Å². The third-order valence-electron chi connectivity index (χ3n) is 2.65. The van der Waals surface area contributed by atoms with Crippen LogP contribution in [0, 0.1) is 11.8 Å². The molecule has 0 bridgehead atoms. The number of rotatable bonds is 7. The maximum Gasteiger partial charge on any atom is 0.0598 e. The van der Waals surface area contributed by atoms with E-state index >= 15 is 0 Å². The van der Waals surface area contributed by atoms with Crippen LogP contribution in [0.3, 0.4) is 0 Å². The number of hydrogen-bond acceptors (Lipinski definition) is 3. The fourth-order valence-corrected chi connectivity index (χ4v) is 1.65. The largest absolute Gasteiger partial charge is 0.395 e. The van der Waals surface area contributed by atoms with Crippen LogP contribution in [-0.2, 0) is 0 Å². The molecule has 0 aliphatic heterocycles. The second kappa shape index (κ2) is 7.30. The van der Waals surface area contributed by atoms with Crippen LogP contribution in [0.1, 0.15) is 40.0 Å². The molecule has 80 valence electrons. The van der Waals surface area contributed by atoms with E-state index in [0.717, 1.165) is 6.42 Å². The van der Waals surface area contributed by atoms with Gasteiger partial charge in [-0.1, -0.05) is 33.6 Å². The molecule has 13 heavy (non-hydrogen) atoms. The molecule has 0 aliphatic rings. The zero-order valence-electron chi connectivity index (χ0n) is 9.09. The molecule has 0 aromatic carbocycles. The van der Waals surface area contributed by atoms with Crippen LogP contribution in [0.15, 0.2) is 0 Å². The minimum atomic E-state index is 0.0546. The molecule has 0 fully saturated rings. The molecule has 0 aromatic rings. The highest BCUT2D eigenvalue weighted by Gasteiger charge is 2.17. The van der Waals surface area contributed by atoms with E-state index in [2.05, 4.69) is 26.2 Å². The molecular formula is C10H24N2O. The van der Waals surface area contributed by atoms with Crippen LogP contribution in [-0.4, -0.2) is 17.8 Å². The van der Waals surface area contributed by atoms with Crippen LogP contribution in [0.4, 0.5) is 0 Å². The van der Waals surface area contributed by atoms with Crippen molar-refractivity contribution in [3.05, 3.63) is 0 Å². The number of hydrazine groups is 1. The Balaban J connectivity index is 3.91. The number of nitrogens with one attached hydrogen (secondary N) is 1. The predicted molar refractivity (Wildman–Crippen MR) is 56.0 cm³/mol. The van der Waals surface area contributed by atoms with E-state index in [1.807, 2.05) is 0 Å². The summed E-state index contributed by atoms with van der Waals surface area (Å²) in [6.07, 6.45) is 3.39. The van der Waals surface area contributed by atoms with E-state index in [4.69, 9.17) is 10.9 Å². The summed E-state index contributed by atoms with van der Waals surface area (Å²) in [6.45, 7) is 6.78. The molecule has 4 N–H and O–H groups in total. The summed E-state index contributed by atoms with van der Waals surface area (Å²) < 4.78 is 0. The normalized spacial score (nSPS) is 16.2. The van der Waals surface area contributed by atoms with Gasteiger partial charge in [-0.25, -0.2) is 0 Å². The van der Waals surface area contributed by atoms with Gasteiger partial charge in [0.1, 0.15) is 0 Å². The number of aliphatic hydroxyl groups is 1. The number of hydrogen-bond donors (Lipinski definition) is 3. The average molecular weight is 188 g/mol. The molecule has 0 saturated carbocycles. The minimum Gasteiger partial charge on any atom is -0.395 e. The van der Waals surface area contributed by atoms with Crippen molar-refractivity contribution in [2.75, 3.05) is 6.61 Å². The van der Waals surface area contributed by atoms with Crippen molar-refractivity contribution in [3.63, 3.8) is 0 Å². The van der Waals surface area contributed by atoms with Crippen LogP contribution in [0.25, 0.3) is 0 Å². The number of aliphatic hydroxyl groups excluding tert-OH is 1. The van der Waals surface area contributed by atoms with Crippen LogP contribution >= 0.6 is 0 Å². The first-order valence-electron chi connectivity index (χ1n) is 5.22. The summed E-state index contributed by atoms with van der Waals surface area (Å²) in [5.74, 6) is 6.65. The fourth-order valence-electron chi connectivity index (χ4n) is 1.65. The molecule has 0 spiro atoms. The summed E-state index contributed by atoms with van der Waals surface area (Å²) in [4.78, 5) is 0. The molecule has 0 radical (unpaired) electrons. The summed E-state index contributed by atoms with van der Waals surface area (Å²) in [7, 11) is 0. The van der Waals surface area contributed by atoms with E-state index in [1.54, 1.807) is 0 Å². The zero-order valence-corrected chi connectivity index (χ0v) is 9.09. The highest BCUT2D eigenvalue weighted by atomic mass is 16.3. The standard InChI is InChI=1S/C10H24N2O/c1-4-5-9(8(2)3)6-10(7-13)12-11/h8-10,12-13H,4-7,11H2,1-3H3. The second-order valence-corrected chi connectivity index (χ2v) is 4.07. The van der Waals surface area contributed by atoms with Gasteiger partial charge in [0.05, 0.1) is 6.61 Å². The van der Waals surface area contributed by atoms with Gasteiger partial charge in [0, 0.05) is 6.04 Å². The summed E-state index contributed by atoms with van der Waals surface area (Å²) in [5.41, 5.74) is 2.65. The van der Waals surface area contributed by atoms with Crippen molar-refractivity contribution in [3.8, 4) is 0 Å². The Kier molecular flexibility index (Phi) is 7.23. The molecular weight excluding hydrogens is 164 g/mol. The molecule has 0 saturated heterocycles. The SMILES string of the molecule is CCCC(CC(CO)NN)C(C)C. The van der Waals surface area contributed by atoms with Gasteiger partial charge in [-0.2, -0.15) is 0 Å². The second-order valence-electron chi connectivity index (χ2n) is 4.07. The number of nitrogens with two attached hydrogens (primary N) is 1. The summed E-state index contributed by atoms with van der Waals surface area (Å²) in [6, 6.07) is 0.0546. The van der Waals surface area contributed by atoms with Gasteiger partial charge in [-0.05, 0) is 18.3 Å². The van der Waals surface area contributed by atoms with Gasteiger partial charge < -0.3 is 5.11 Å². The quantitative estimate of drug-likeness (QED) is 0.416. The third kappa shape index (κ3) is 5.24. The highest BCUT2D eigenvalue weighted by Crippen LogP contribution is 2.22. The molecule has 0 heterocycles. The van der Waals surface area contributed by atoms with Gasteiger partial charge in [-0.3, -0.25) is 11.3 Å². The molecule has 0 aliphatic carbocycles. The Labute approximate surface area is 81.7 Å². The summed E-state index contributed by atoms with van der Waals surface area (Å²) in [5, 5.41) is 8.98. The lowest BCUT2D eigenvalue weighted by molar-refractivity contribution is 0.200. The van der Waals surface area contributed by atoms with Crippen LogP contribution in [0.2, 0.25) is 0 Å². The Bertz CT molecular complexity index is 113. The Morgan fingerprint density at radius 3 is 2.31 bits per heavy atom. The zero-order chi connectivity index (χ0) is 10.3. The van der Waals surface area contributed by atoms with Gasteiger partial charge in [0.15, 0.2) is 0 Å². The Hall–Kier alpha value is -0.120. The van der Waals surface area contributed by atoms with Gasteiger partial charge in [0.25, 0.3) is 0 Å². The van der Waals surface area contributed by atoms with Crippen molar-refractivity contribution in [1.29, 1.82) is 0 Å². The van der Waals surface area contributed by atoms with E-state index in [9.17, 15) is 0 Å². The van der Waals surface area contributed by atoms with Gasteiger partial charge in [-0.15, -0.1) is 0 Å². The lowest BCUT2D eigenvalue weighted by Gasteiger charge is -2.24. The minimum absolute atomic E-state index is 0.0546. The molecule has 3 heteroatoms. The monoisotopic (exact) mass is 188 g/mol. The molecule has 3 nitrogen and oxygen atoms in total. The molecule has 2 atom stereocenters. The van der Waals surface area contributed by atoms with Crippen LogP contribution < -0.4 is 11.3 Å². The predicted octanol–water partition coefficient (Wildman–Crippen LogP) is 1.27. The first kappa shape index (κ1) is 12.9. The maximum atomic E-state index is 8.98. The van der Waals surface area contributed by atoms with Crippen molar-refractivity contribution >= 4 is 0 Å². The Morgan fingerprint density at radius 1 is 1.38 bits per heavy atom. The first-order valence-corrected chi connectivity index (χ1v) is 5.22. The van der Waals surface area contributed by atoms with Crippen molar-refractivity contribution in [2.45, 2.75) is 46.1 Å². The van der Waals surface area contributed by atoms with Crippen molar-refractivity contribution in [1.82, 2.24) is 5.43 Å². The fraction of sp³-hybridized carbons (Fsp3) is 1.00. The van der Waals surface area contributed by atoms with E-state index in [-0.39, 0.29) is 12.6 Å². The third-order valence-corrected chi connectivity index (χ3v) is 2.65. The van der Waals surface area contributed by atoms with Gasteiger partial charge >= 0.3 is 0 Å². The first-order chi connectivity index (χ1) is 6.15. The molecule has 0 amide bonds. The van der Waals surface area contributed by atoms with E-state index < -0.39 is 0 Å². The van der Waals surface area contributed by atoms with Crippen molar-refractivity contribution in [2.24, 2.45) is 17.7 Å². The lowest BCUT2D eigenvalue weighted by atomic mass is 9.86.